The van der Waals surface area contributed by atoms with Crippen molar-refractivity contribution in [1.82, 2.24) is 15.3 Å². The van der Waals surface area contributed by atoms with Crippen molar-refractivity contribution in [3.8, 4) is 0 Å². The maximum absolute atomic E-state index is 12.0. The molecule has 4 N–H and O–H groups in total. The van der Waals surface area contributed by atoms with E-state index in [0.717, 1.165) is 16.3 Å². The van der Waals surface area contributed by atoms with E-state index in [0.29, 0.717) is 10.8 Å². The van der Waals surface area contributed by atoms with Gasteiger partial charge in [-0.15, -0.1) is 0 Å². The molecule has 0 aliphatic carbocycles. The summed E-state index contributed by atoms with van der Waals surface area (Å²) in [5, 5.41) is 5.97. The Labute approximate surface area is 163 Å². The lowest BCUT2D eigenvalue weighted by atomic mass is 10.1. The highest BCUT2D eigenvalue weighted by atomic mass is 32.2. The molecule has 0 spiro atoms. The Morgan fingerprint density at radius 1 is 1.11 bits per heavy atom. The topological polar surface area (TPSA) is 110 Å². The molecule has 0 aliphatic heterocycles. The fraction of sp³-hybridized carbons (Fsp3) is 0.368. The smallest absolute Gasteiger partial charge is 0.243 e. The van der Waals surface area contributed by atoms with E-state index in [2.05, 4.69) is 20.6 Å². The van der Waals surface area contributed by atoms with Crippen LogP contribution in [-0.2, 0) is 9.59 Å². The number of benzene rings is 1. The number of nitrogens with two attached hydrogens (primary N) is 1. The van der Waals surface area contributed by atoms with Crippen molar-refractivity contribution in [1.29, 1.82) is 0 Å². The summed E-state index contributed by atoms with van der Waals surface area (Å²) in [6.07, 6.45) is 0. The van der Waals surface area contributed by atoms with Gasteiger partial charge in [0.1, 0.15) is 0 Å². The zero-order valence-corrected chi connectivity index (χ0v) is 16.8. The Kier molecular flexibility index (Phi) is 7.32. The van der Waals surface area contributed by atoms with E-state index in [1.807, 2.05) is 45.9 Å². The summed E-state index contributed by atoms with van der Waals surface area (Å²) in [6, 6.07) is 8.66. The third-order valence-corrected chi connectivity index (χ3v) is 4.63. The van der Waals surface area contributed by atoms with Crippen LogP contribution in [-0.4, -0.2) is 34.4 Å². The molecule has 144 valence electrons. The first kappa shape index (κ1) is 20.9. The quantitative estimate of drug-likeness (QED) is 0.629. The number of rotatable bonds is 7. The summed E-state index contributed by atoms with van der Waals surface area (Å²) in [4.78, 5) is 33.5. The first-order valence-corrected chi connectivity index (χ1v) is 9.49. The summed E-state index contributed by atoms with van der Waals surface area (Å²) in [5.74, 6) is -0.628. The van der Waals surface area contributed by atoms with Gasteiger partial charge in [-0.05, 0) is 61.9 Å². The molecular formula is C19H25N5O2S. The highest BCUT2D eigenvalue weighted by molar-refractivity contribution is 7.99. The van der Waals surface area contributed by atoms with Crippen LogP contribution in [0.5, 0.6) is 0 Å². The molecule has 1 aromatic heterocycles. The number of anilines is 1. The van der Waals surface area contributed by atoms with Crippen molar-refractivity contribution in [3.63, 3.8) is 0 Å². The van der Waals surface area contributed by atoms with Crippen molar-refractivity contribution in [2.75, 3.05) is 11.9 Å². The molecule has 27 heavy (non-hydrogen) atoms. The maximum atomic E-state index is 12.0. The van der Waals surface area contributed by atoms with E-state index >= 15 is 0 Å². The summed E-state index contributed by atoms with van der Waals surface area (Å²) >= 11 is 1.46. The van der Waals surface area contributed by atoms with Crippen LogP contribution in [0.3, 0.4) is 0 Å². The Hall–Kier alpha value is -2.45. The van der Waals surface area contributed by atoms with Gasteiger partial charge < -0.3 is 16.4 Å². The SMILES string of the molecule is Cc1cc(C)nc(Sc2ccc(NC(=O)CNC(=O)[C@@H](N)C(C)C)cc2)n1. The lowest BCUT2D eigenvalue weighted by Gasteiger charge is -2.15. The first-order valence-electron chi connectivity index (χ1n) is 8.68. The molecule has 0 saturated carbocycles. The predicted octanol–water partition coefficient (Wildman–Crippen LogP) is 2.28. The van der Waals surface area contributed by atoms with Gasteiger partial charge in [0, 0.05) is 22.0 Å². The summed E-state index contributed by atoms with van der Waals surface area (Å²) in [6.45, 7) is 7.46. The average Bonchev–Trinajstić information content (AvgIpc) is 2.59. The highest BCUT2D eigenvalue weighted by Gasteiger charge is 2.17. The lowest BCUT2D eigenvalue weighted by Crippen LogP contribution is -2.46. The van der Waals surface area contributed by atoms with Crippen LogP contribution in [0.25, 0.3) is 0 Å². The van der Waals surface area contributed by atoms with Gasteiger partial charge in [-0.2, -0.15) is 0 Å². The molecule has 0 aliphatic rings. The van der Waals surface area contributed by atoms with Crippen LogP contribution in [0.2, 0.25) is 0 Å². The number of hydrogen-bond donors (Lipinski definition) is 3. The molecule has 7 nitrogen and oxygen atoms in total. The van der Waals surface area contributed by atoms with E-state index in [9.17, 15) is 9.59 Å². The molecule has 0 radical (unpaired) electrons. The Bertz CT molecular complexity index is 788. The highest BCUT2D eigenvalue weighted by Crippen LogP contribution is 2.26. The molecular weight excluding hydrogens is 362 g/mol. The number of carbonyl (C=O) groups is 2. The standard InChI is InChI=1S/C19H25N5O2S/c1-11(2)17(20)18(26)21-10-16(25)24-14-5-7-15(8-6-14)27-19-22-12(3)9-13(4)23-19/h5-9,11,17H,10,20H2,1-4H3,(H,21,26)(H,24,25)/t17-/m0/s1. The molecule has 2 amide bonds. The molecule has 8 heteroatoms. The lowest BCUT2D eigenvalue weighted by molar-refractivity contribution is -0.125. The van der Waals surface area contributed by atoms with Crippen LogP contribution < -0.4 is 16.4 Å². The maximum Gasteiger partial charge on any atom is 0.243 e. The Morgan fingerprint density at radius 2 is 1.70 bits per heavy atom. The number of nitrogens with one attached hydrogen (secondary N) is 2. The monoisotopic (exact) mass is 387 g/mol. The van der Waals surface area contributed by atoms with Crippen LogP contribution in [0, 0.1) is 19.8 Å². The van der Waals surface area contributed by atoms with Crippen molar-refractivity contribution >= 4 is 29.3 Å². The van der Waals surface area contributed by atoms with Crippen LogP contribution in [0.4, 0.5) is 5.69 Å². The zero-order valence-electron chi connectivity index (χ0n) is 15.9. The molecule has 0 bridgehead atoms. The number of hydrogen-bond acceptors (Lipinski definition) is 6. The number of carbonyl (C=O) groups excluding carboxylic acids is 2. The van der Waals surface area contributed by atoms with E-state index in [1.54, 1.807) is 12.1 Å². The summed E-state index contributed by atoms with van der Waals surface area (Å²) in [7, 11) is 0. The minimum Gasteiger partial charge on any atom is -0.346 e. The van der Waals surface area contributed by atoms with Gasteiger partial charge in [0.15, 0.2) is 5.16 Å². The van der Waals surface area contributed by atoms with Crippen molar-refractivity contribution in [2.24, 2.45) is 11.7 Å². The van der Waals surface area contributed by atoms with Crippen LogP contribution >= 0.6 is 11.8 Å². The van der Waals surface area contributed by atoms with Crippen molar-refractivity contribution < 1.29 is 9.59 Å². The number of aromatic nitrogens is 2. The van der Waals surface area contributed by atoms with Gasteiger partial charge in [0.05, 0.1) is 12.6 Å². The molecule has 2 rings (SSSR count). The fourth-order valence-corrected chi connectivity index (χ4v) is 3.11. The van der Waals surface area contributed by atoms with E-state index in [1.165, 1.54) is 11.8 Å². The normalized spacial score (nSPS) is 11.9. The van der Waals surface area contributed by atoms with Crippen molar-refractivity contribution in [3.05, 3.63) is 41.7 Å². The molecule has 1 aromatic carbocycles. The molecule has 2 aromatic rings. The number of amides is 2. The van der Waals surface area contributed by atoms with Gasteiger partial charge in [0.25, 0.3) is 0 Å². The second-order valence-corrected chi connectivity index (χ2v) is 7.64. The number of nitrogens with zero attached hydrogens (tertiary/aromatic N) is 2. The van der Waals surface area contributed by atoms with E-state index in [4.69, 9.17) is 5.73 Å². The van der Waals surface area contributed by atoms with E-state index < -0.39 is 6.04 Å². The average molecular weight is 388 g/mol. The van der Waals surface area contributed by atoms with E-state index in [-0.39, 0.29) is 24.3 Å². The van der Waals surface area contributed by atoms with Crippen LogP contribution in [0.15, 0.2) is 40.4 Å². The molecule has 0 unspecified atom stereocenters. The predicted molar refractivity (Wildman–Crippen MR) is 107 cm³/mol. The Balaban J connectivity index is 1.87. The first-order chi connectivity index (χ1) is 12.7. The number of aryl methyl sites for hydroxylation is 2. The van der Waals surface area contributed by atoms with Gasteiger partial charge in [-0.3, -0.25) is 9.59 Å². The minimum absolute atomic E-state index is 0.0132. The Morgan fingerprint density at radius 3 is 2.26 bits per heavy atom. The minimum atomic E-state index is -0.624. The molecule has 0 fully saturated rings. The van der Waals surface area contributed by atoms with Gasteiger partial charge in [0.2, 0.25) is 11.8 Å². The molecule has 0 saturated heterocycles. The zero-order chi connectivity index (χ0) is 20.0. The van der Waals surface area contributed by atoms with Gasteiger partial charge >= 0.3 is 0 Å². The largest absolute Gasteiger partial charge is 0.346 e. The van der Waals surface area contributed by atoms with Crippen molar-refractivity contribution in [2.45, 2.75) is 43.8 Å². The second-order valence-electron chi connectivity index (χ2n) is 6.60. The third-order valence-electron chi connectivity index (χ3n) is 3.75. The summed E-state index contributed by atoms with van der Waals surface area (Å²) in [5.41, 5.74) is 8.24. The van der Waals surface area contributed by atoms with Crippen LogP contribution in [0.1, 0.15) is 25.2 Å². The fourth-order valence-electron chi connectivity index (χ4n) is 2.24. The molecule has 1 atom stereocenters. The third kappa shape index (κ3) is 6.65. The second kappa shape index (κ2) is 9.48. The molecule has 1 heterocycles. The van der Waals surface area contributed by atoms with Gasteiger partial charge in [-0.1, -0.05) is 13.8 Å². The summed E-state index contributed by atoms with van der Waals surface area (Å²) < 4.78 is 0. The van der Waals surface area contributed by atoms with Gasteiger partial charge in [-0.25, -0.2) is 9.97 Å².